The first-order chi connectivity index (χ1) is 15.3. The van der Waals surface area contributed by atoms with Crippen LogP contribution >= 0.6 is 0 Å². The maximum absolute atomic E-state index is 14.7. The Morgan fingerprint density at radius 3 is 2.75 bits per heavy atom. The number of halogens is 2. The molecule has 3 aromatic heterocycles. The maximum atomic E-state index is 14.7. The van der Waals surface area contributed by atoms with Crippen molar-refractivity contribution in [2.45, 2.75) is 44.6 Å². The average molecular weight is 436 g/mol. The highest BCUT2D eigenvalue weighted by molar-refractivity contribution is 5.72. The largest absolute Gasteiger partial charge is 0.420 e. The molecule has 4 heterocycles. The summed E-state index contributed by atoms with van der Waals surface area (Å²) in [6.45, 7) is 6.73. The number of anilines is 1. The Hall–Kier alpha value is -3.36. The van der Waals surface area contributed by atoms with Crippen molar-refractivity contribution in [2.24, 2.45) is 5.92 Å². The van der Waals surface area contributed by atoms with Crippen molar-refractivity contribution < 1.29 is 13.2 Å². The van der Waals surface area contributed by atoms with E-state index < -0.39 is 11.4 Å². The summed E-state index contributed by atoms with van der Waals surface area (Å²) in [4.78, 5) is 6.95. The molecule has 164 valence electrons. The molecular formula is C23H22F2N6O. The molecule has 1 aromatic carbocycles. The Morgan fingerprint density at radius 1 is 1.16 bits per heavy atom. The molecule has 0 spiro atoms. The standard InChI is InChI=1S/C23H22F2N6O/c1-22(2,3)21-29-28-20(32-21)15-12-26-31-9-7-18(27-19(15)31)30-8-6-13-11-23(13,30)16-10-14(24)4-5-17(16)25/h4-5,7,9-10,12-13H,6,8,11H2,1-3H3/t13-,23+/m0/s1. The van der Waals surface area contributed by atoms with Crippen molar-refractivity contribution in [3.8, 4) is 11.5 Å². The number of hydrogen-bond acceptors (Lipinski definition) is 6. The lowest BCUT2D eigenvalue weighted by molar-refractivity contribution is 0.399. The lowest BCUT2D eigenvalue weighted by atomic mass is 9.97. The van der Waals surface area contributed by atoms with E-state index >= 15 is 0 Å². The zero-order valence-electron chi connectivity index (χ0n) is 18.0. The Balaban J connectivity index is 1.43. The number of benzene rings is 1. The van der Waals surface area contributed by atoms with Gasteiger partial charge in [0.05, 0.1) is 11.7 Å². The molecule has 2 atom stereocenters. The van der Waals surface area contributed by atoms with Gasteiger partial charge in [0, 0.05) is 23.7 Å². The Bertz CT molecular complexity index is 1360. The van der Waals surface area contributed by atoms with Gasteiger partial charge in [0.2, 0.25) is 5.89 Å². The first-order valence-electron chi connectivity index (χ1n) is 10.7. The molecule has 2 fully saturated rings. The molecular weight excluding hydrogens is 414 g/mol. The van der Waals surface area contributed by atoms with E-state index in [1.807, 2.05) is 33.0 Å². The summed E-state index contributed by atoms with van der Waals surface area (Å²) in [6, 6.07) is 5.55. The van der Waals surface area contributed by atoms with Gasteiger partial charge >= 0.3 is 0 Å². The fraction of sp³-hybridized carbons (Fsp3) is 0.391. The van der Waals surface area contributed by atoms with Gasteiger partial charge in [-0.1, -0.05) is 20.8 Å². The van der Waals surface area contributed by atoms with Crippen LogP contribution in [-0.4, -0.2) is 31.3 Å². The van der Waals surface area contributed by atoms with Gasteiger partial charge in [-0.25, -0.2) is 18.3 Å². The summed E-state index contributed by atoms with van der Waals surface area (Å²) in [5.41, 5.74) is 0.784. The normalized spacial score (nSPS) is 22.5. The molecule has 1 aliphatic carbocycles. The van der Waals surface area contributed by atoms with Crippen molar-refractivity contribution in [1.29, 1.82) is 0 Å². The van der Waals surface area contributed by atoms with Crippen molar-refractivity contribution in [3.63, 3.8) is 0 Å². The van der Waals surface area contributed by atoms with Gasteiger partial charge in [0.1, 0.15) is 23.0 Å². The third-order valence-corrected chi connectivity index (χ3v) is 6.58. The monoisotopic (exact) mass is 436 g/mol. The fourth-order valence-corrected chi connectivity index (χ4v) is 4.89. The SMILES string of the molecule is CC(C)(C)c1nnc(-c2cnn3ccc(N4CC[C@H]5C[C@]54c4cc(F)ccc4F)nc23)o1. The molecule has 0 unspecified atom stereocenters. The van der Waals surface area contributed by atoms with Gasteiger partial charge in [0.25, 0.3) is 5.89 Å². The van der Waals surface area contributed by atoms with Crippen LogP contribution in [0.4, 0.5) is 14.6 Å². The van der Waals surface area contributed by atoms with Gasteiger partial charge in [-0.2, -0.15) is 5.10 Å². The smallest absolute Gasteiger partial charge is 0.253 e. The van der Waals surface area contributed by atoms with E-state index in [9.17, 15) is 8.78 Å². The number of nitrogens with zero attached hydrogens (tertiary/aromatic N) is 6. The van der Waals surface area contributed by atoms with Crippen LogP contribution in [0, 0.1) is 17.6 Å². The van der Waals surface area contributed by atoms with E-state index in [0.29, 0.717) is 34.4 Å². The summed E-state index contributed by atoms with van der Waals surface area (Å²) in [7, 11) is 0. The quantitative estimate of drug-likeness (QED) is 0.472. The zero-order chi connectivity index (χ0) is 22.3. The van der Waals surface area contributed by atoms with E-state index in [1.54, 1.807) is 10.7 Å². The van der Waals surface area contributed by atoms with Crippen LogP contribution in [-0.2, 0) is 11.0 Å². The summed E-state index contributed by atoms with van der Waals surface area (Å²) >= 11 is 0. The molecule has 1 saturated heterocycles. The molecule has 1 saturated carbocycles. The van der Waals surface area contributed by atoms with Crippen molar-refractivity contribution in [3.05, 3.63) is 59.7 Å². The highest BCUT2D eigenvalue weighted by Gasteiger charge is 2.64. The van der Waals surface area contributed by atoms with Crippen LogP contribution in [0.2, 0.25) is 0 Å². The van der Waals surface area contributed by atoms with Crippen molar-refractivity contribution >= 4 is 11.5 Å². The topological polar surface area (TPSA) is 72.3 Å². The van der Waals surface area contributed by atoms with Crippen LogP contribution in [0.5, 0.6) is 0 Å². The van der Waals surface area contributed by atoms with Gasteiger partial charge in [-0.15, -0.1) is 10.2 Å². The van der Waals surface area contributed by atoms with Crippen molar-refractivity contribution in [1.82, 2.24) is 24.8 Å². The van der Waals surface area contributed by atoms with Gasteiger partial charge in [0.15, 0.2) is 5.65 Å². The maximum Gasteiger partial charge on any atom is 0.253 e. The second kappa shape index (κ2) is 6.34. The number of rotatable bonds is 3. The fourth-order valence-electron chi connectivity index (χ4n) is 4.89. The summed E-state index contributed by atoms with van der Waals surface area (Å²) in [5, 5.41) is 12.7. The first kappa shape index (κ1) is 19.3. The predicted molar refractivity (Wildman–Crippen MR) is 113 cm³/mol. The van der Waals surface area contributed by atoms with Crippen molar-refractivity contribution in [2.75, 3.05) is 11.4 Å². The number of fused-ring (bicyclic) bond motifs is 2. The third-order valence-electron chi connectivity index (χ3n) is 6.58. The molecule has 1 aliphatic heterocycles. The van der Waals surface area contributed by atoms with Gasteiger partial charge in [-0.05, 0) is 43.0 Å². The van der Waals surface area contributed by atoms with Crippen LogP contribution < -0.4 is 4.90 Å². The van der Waals surface area contributed by atoms with E-state index in [1.165, 1.54) is 12.1 Å². The van der Waals surface area contributed by atoms with Crippen LogP contribution in [0.1, 0.15) is 45.1 Å². The van der Waals surface area contributed by atoms with Crippen LogP contribution in [0.15, 0.2) is 41.1 Å². The number of aromatic nitrogens is 5. The highest BCUT2D eigenvalue weighted by Crippen LogP contribution is 2.63. The predicted octanol–water partition coefficient (Wildman–Crippen LogP) is 4.48. The number of hydrogen-bond donors (Lipinski definition) is 0. The van der Waals surface area contributed by atoms with Gasteiger partial charge < -0.3 is 9.32 Å². The lowest BCUT2D eigenvalue weighted by Crippen LogP contribution is -2.34. The van der Waals surface area contributed by atoms with E-state index in [0.717, 1.165) is 25.5 Å². The molecule has 2 aliphatic rings. The van der Waals surface area contributed by atoms with E-state index in [4.69, 9.17) is 9.40 Å². The minimum atomic E-state index is -0.554. The molecule has 0 amide bonds. The number of piperidine rings is 1. The summed E-state index contributed by atoms with van der Waals surface area (Å²) in [6.07, 6.45) is 5.16. The molecule has 7 nitrogen and oxygen atoms in total. The summed E-state index contributed by atoms with van der Waals surface area (Å²) in [5.74, 6) is 1.05. The van der Waals surface area contributed by atoms with Gasteiger partial charge in [-0.3, -0.25) is 0 Å². The Kier molecular flexibility index (Phi) is 3.83. The third kappa shape index (κ3) is 2.69. The molecule has 4 aromatic rings. The molecule has 32 heavy (non-hydrogen) atoms. The first-order valence-corrected chi connectivity index (χ1v) is 10.7. The highest BCUT2D eigenvalue weighted by atomic mass is 19.1. The molecule has 9 heteroatoms. The molecule has 6 rings (SSSR count). The van der Waals surface area contributed by atoms with E-state index in [2.05, 4.69) is 20.2 Å². The zero-order valence-corrected chi connectivity index (χ0v) is 18.0. The lowest BCUT2D eigenvalue weighted by Gasteiger charge is -2.30. The Morgan fingerprint density at radius 2 is 2.00 bits per heavy atom. The summed E-state index contributed by atoms with van der Waals surface area (Å²) < 4.78 is 36.2. The molecule has 0 radical (unpaired) electrons. The van der Waals surface area contributed by atoms with E-state index in [-0.39, 0.29) is 17.2 Å². The Labute approximate surface area is 183 Å². The van der Waals surface area contributed by atoms with Crippen LogP contribution in [0.25, 0.3) is 17.1 Å². The molecule has 0 N–H and O–H groups in total. The minimum Gasteiger partial charge on any atom is -0.420 e. The second-order valence-electron chi connectivity index (χ2n) is 9.66. The second-order valence-corrected chi connectivity index (χ2v) is 9.66. The van der Waals surface area contributed by atoms with Crippen LogP contribution in [0.3, 0.4) is 0 Å². The molecule has 0 bridgehead atoms. The minimum absolute atomic E-state index is 0.273. The average Bonchev–Trinajstić information content (AvgIpc) is 3.13.